The molecule has 0 bridgehead atoms. The standard InChI is InChI=1S/C14H16F5NO2S/c1-8-12(13(21)22-14(2,3)4)10-6-5-9(7-11(10)20-8)23(15,16,17,18)19/h5-7,20H,1-4H3. The molecule has 1 aromatic heterocycles. The lowest BCUT2D eigenvalue weighted by Gasteiger charge is -2.40. The molecule has 1 N–H and O–H groups in total. The van der Waals surface area contributed by atoms with Gasteiger partial charge in [0.1, 0.15) is 10.5 Å². The highest BCUT2D eigenvalue weighted by Crippen LogP contribution is 3.02. The number of rotatable bonds is 2. The highest BCUT2D eigenvalue weighted by Gasteiger charge is 2.65. The van der Waals surface area contributed by atoms with Crippen LogP contribution in [0.3, 0.4) is 0 Å². The molecule has 0 aliphatic rings. The van der Waals surface area contributed by atoms with E-state index in [1.807, 2.05) is 0 Å². The number of hydrogen-bond donors (Lipinski definition) is 1. The van der Waals surface area contributed by atoms with Gasteiger partial charge in [-0.2, -0.15) is 0 Å². The maximum atomic E-state index is 12.9. The van der Waals surface area contributed by atoms with Crippen LogP contribution in [0.2, 0.25) is 0 Å². The average Bonchev–Trinajstić information content (AvgIpc) is 2.58. The third-order valence-corrected chi connectivity index (χ3v) is 4.15. The minimum atomic E-state index is -9.77. The first-order chi connectivity index (χ1) is 9.98. The lowest BCUT2D eigenvalue weighted by Crippen LogP contribution is -2.24. The van der Waals surface area contributed by atoms with Gasteiger partial charge in [0.15, 0.2) is 0 Å². The number of carbonyl (C=O) groups is 1. The largest absolute Gasteiger partial charge is 0.456 e. The molecule has 23 heavy (non-hydrogen) atoms. The van der Waals surface area contributed by atoms with Crippen molar-refractivity contribution in [1.29, 1.82) is 0 Å². The van der Waals surface area contributed by atoms with Gasteiger partial charge < -0.3 is 9.72 Å². The van der Waals surface area contributed by atoms with E-state index >= 15 is 0 Å². The summed E-state index contributed by atoms with van der Waals surface area (Å²) in [6, 6.07) is 1.45. The number of benzene rings is 1. The molecule has 2 aromatic rings. The number of ether oxygens (including phenoxy) is 1. The Kier molecular flexibility index (Phi) is 3.21. The van der Waals surface area contributed by atoms with Gasteiger partial charge in [-0.1, -0.05) is 25.5 Å². The number of H-pyrrole nitrogens is 1. The Bertz CT molecular complexity index is 803. The second-order valence-corrected chi connectivity index (χ2v) is 8.71. The van der Waals surface area contributed by atoms with E-state index in [0.717, 1.165) is 6.07 Å². The molecule has 2 rings (SSSR count). The van der Waals surface area contributed by atoms with E-state index in [1.54, 1.807) is 20.8 Å². The third kappa shape index (κ3) is 3.77. The van der Waals surface area contributed by atoms with Gasteiger partial charge in [0.25, 0.3) is 0 Å². The smallest absolute Gasteiger partial charge is 0.341 e. The number of esters is 1. The first-order valence-electron chi connectivity index (χ1n) is 6.58. The molecule has 1 heterocycles. The minimum absolute atomic E-state index is 0.0311. The molecule has 0 fully saturated rings. The summed E-state index contributed by atoms with van der Waals surface area (Å²) in [4.78, 5) is 12.7. The van der Waals surface area contributed by atoms with Crippen molar-refractivity contribution in [3.63, 3.8) is 0 Å². The van der Waals surface area contributed by atoms with E-state index < -0.39 is 26.7 Å². The molecule has 0 spiro atoms. The normalized spacial score (nSPS) is 16.0. The maximum Gasteiger partial charge on any atom is 0.341 e. The van der Waals surface area contributed by atoms with Crippen molar-refractivity contribution >= 4 is 27.1 Å². The Hall–Kier alpha value is -1.77. The zero-order valence-corrected chi connectivity index (χ0v) is 13.7. The number of hydrogen-bond acceptors (Lipinski definition) is 2. The van der Waals surface area contributed by atoms with Crippen LogP contribution in [-0.4, -0.2) is 16.6 Å². The summed E-state index contributed by atoms with van der Waals surface area (Å²) in [5, 5.41) is 0.0994. The molecule has 0 saturated carbocycles. The number of aryl methyl sites for hydroxylation is 1. The number of aromatic nitrogens is 1. The van der Waals surface area contributed by atoms with Gasteiger partial charge in [-0.25, -0.2) is 4.79 Å². The monoisotopic (exact) mass is 357 g/mol. The Balaban J connectivity index is 2.61. The third-order valence-electron chi connectivity index (χ3n) is 3.01. The van der Waals surface area contributed by atoms with E-state index in [0.29, 0.717) is 6.07 Å². The zero-order chi connectivity index (χ0) is 17.9. The molecule has 0 amide bonds. The molecule has 0 radical (unpaired) electrons. The molecular weight excluding hydrogens is 341 g/mol. The SMILES string of the molecule is Cc1[nH]c2cc(S(F)(F)(F)(F)F)ccc2c1C(=O)OC(C)(C)C. The van der Waals surface area contributed by atoms with E-state index in [1.165, 1.54) is 6.92 Å². The summed E-state index contributed by atoms with van der Waals surface area (Å²) in [6.07, 6.45) is 0. The number of carbonyl (C=O) groups excluding carboxylic acids is 1. The number of fused-ring (bicyclic) bond motifs is 1. The quantitative estimate of drug-likeness (QED) is 0.522. The Morgan fingerprint density at radius 2 is 1.70 bits per heavy atom. The van der Waals surface area contributed by atoms with Crippen molar-refractivity contribution in [2.45, 2.75) is 38.2 Å². The molecule has 0 aliphatic heterocycles. The van der Waals surface area contributed by atoms with Crippen LogP contribution in [0.1, 0.15) is 36.8 Å². The Labute approximate surface area is 129 Å². The van der Waals surface area contributed by atoms with Gasteiger partial charge >= 0.3 is 16.2 Å². The molecule has 3 nitrogen and oxygen atoms in total. The fourth-order valence-electron chi connectivity index (χ4n) is 2.14. The molecule has 0 unspecified atom stereocenters. The van der Waals surface area contributed by atoms with E-state index in [9.17, 15) is 24.2 Å². The van der Waals surface area contributed by atoms with Crippen LogP contribution in [0.15, 0.2) is 23.1 Å². The van der Waals surface area contributed by atoms with Crippen molar-refractivity contribution in [3.8, 4) is 0 Å². The van der Waals surface area contributed by atoms with Crippen LogP contribution in [-0.2, 0) is 4.74 Å². The van der Waals surface area contributed by atoms with Gasteiger partial charge in [-0.05, 0) is 39.8 Å². The molecule has 1 aromatic carbocycles. The van der Waals surface area contributed by atoms with Gasteiger partial charge in [0, 0.05) is 16.6 Å². The van der Waals surface area contributed by atoms with Gasteiger partial charge in [-0.3, -0.25) is 0 Å². The van der Waals surface area contributed by atoms with E-state index in [-0.39, 0.29) is 28.2 Å². The molecule has 0 atom stereocenters. The Morgan fingerprint density at radius 1 is 1.13 bits per heavy atom. The number of aromatic amines is 1. The summed E-state index contributed by atoms with van der Waals surface area (Å²) < 4.78 is 69.5. The summed E-state index contributed by atoms with van der Waals surface area (Å²) in [7, 11) is -9.77. The van der Waals surface area contributed by atoms with Crippen molar-refractivity contribution in [3.05, 3.63) is 29.5 Å². The van der Waals surface area contributed by atoms with E-state index in [2.05, 4.69) is 4.98 Å². The van der Waals surface area contributed by atoms with E-state index in [4.69, 9.17) is 4.74 Å². The van der Waals surface area contributed by atoms with Crippen molar-refractivity contribution < 1.29 is 29.0 Å². The molecule has 0 saturated heterocycles. The van der Waals surface area contributed by atoms with Gasteiger partial charge in [0.05, 0.1) is 5.56 Å². The summed E-state index contributed by atoms with van der Waals surface area (Å²) in [5.74, 6) is -0.735. The van der Waals surface area contributed by atoms with Crippen LogP contribution >= 0.6 is 10.2 Å². The number of nitrogens with one attached hydrogen (secondary N) is 1. The van der Waals surface area contributed by atoms with Crippen LogP contribution in [0.25, 0.3) is 10.9 Å². The predicted molar refractivity (Wildman–Crippen MR) is 79.6 cm³/mol. The highest BCUT2D eigenvalue weighted by atomic mass is 32.5. The molecule has 130 valence electrons. The summed E-state index contributed by atoms with van der Waals surface area (Å²) in [6.45, 7) is 6.38. The van der Waals surface area contributed by atoms with Gasteiger partial charge in [0.2, 0.25) is 0 Å². The highest BCUT2D eigenvalue weighted by molar-refractivity contribution is 8.45. The molecular formula is C14H16F5NO2S. The van der Waals surface area contributed by atoms with Gasteiger partial charge in [-0.15, -0.1) is 0 Å². The molecule has 9 heteroatoms. The van der Waals surface area contributed by atoms with Crippen molar-refractivity contribution in [1.82, 2.24) is 4.98 Å². The zero-order valence-electron chi connectivity index (χ0n) is 12.8. The minimum Gasteiger partial charge on any atom is -0.456 e. The Morgan fingerprint density at radius 3 is 2.17 bits per heavy atom. The van der Waals surface area contributed by atoms with Crippen LogP contribution < -0.4 is 0 Å². The topological polar surface area (TPSA) is 42.1 Å². The number of halogens is 5. The predicted octanol–water partition coefficient (Wildman–Crippen LogP) is 6.09. The van der Waals surface area contributed by atoms with Crippen LogP contribution in [0.4, 0.5) is 19.4 Å². The second kappa shape index (κ2) is 4.19. The van der Waals surface area contributed by atoms with Crippen molar-refractivity contribution in [2.75, 3.05) is 0 Å². The first-order valence-corrected chi connectivity index (χ1v) is 8.53. The fraction of sp³-hybridized carbons (Fsp3) is 0.357. The lowest BCUT2D eigenvalue weighted by molar-refractivity contribution is 0.00710. The molecule has 0 aliphatic carbocycles. The second-order valence-electron chi connectivity index (χ2n) is 6.30. The van der Waals surface area contributed by atoms with Crippen molar-refractivity contribution in [2.24, 2.45) is 0 Å². The fourth-order valence-corrected chi connectivity index (χ4v) is 2.81. The summed E-state index contributed by atoms with van der Waals surface area (Å²) >= 11 is 0. The average molecular weight is 357 g/mol. The van der Waals surface area contributed by atoms with Crippen LogP contribution in [0.5, 0.6) is 0 Å². The van der Waals surface area contributed by atoms with Crippen LogP contribution in [0, 0.1) is 6.92 Å². The first kappa shape index (κ1) is 17.6. The maximum absolute atomic E-state index is 12.9. The summed E-state index contributed by atoms with van der Waals surface area (Å²) in [5.41, 5.74) is -0.719. The lowest BCUT2D eigenvalue weighted by atomic mass is 10.1.